The second-order valence-electron chi connectivity index (χ2n) is 8.74. The van der Waals surface area contributed by atoms with Crippen LogP contribution in [0.15, 0.2) is 36.4 Å². The third-order valence-electron chi connectivity index (χ3n) is 5.33. The van der Waals surface area contributed by atoms with E-state index in [1.165, 1.54) is 4.31 Å². The molecule has 6 nitrogen and oxygen atoms in total. The second kappa shape index (κ2) is 7.95. The zero-order valence-electron chi connectivity index (χ0n) is 18.4. The molecule has 3 rings (SSSR count). The van der Waals surface area contributed by atoms with Gasteiger partial charge in [0.15, 0.2) is 0 Å². The SMILES string of the molecule is Cc1ccc2c(c1)[C@@H](NC(=O)CN(c1c(C)cccc1C)S(C)(=O)=O)CC(C)(C)O2. The zero-order chi connectivity index (χ0) is 22.3. The van der Waals surface area contributed by atoms with Gasteiger partial charge in [0.05, 0.1) is 18.0 Å². The fourth-order valence-electron chi connectivity index (χ4n) is 4.03. The van der Waals surface area contributed by atoms with Gasteiger partial charge in [-0.05, 0) is 51.8 Å². The molecule has 0 aromatic heterocycles. The van der Waals surface area contributed by atoms with Gasteiger partial charge in [-0.2, -0.15) is 0 Å². The van der Waals surface area contributed by atoms with Crippen molar-refractivity contribution in [2.75, 3.05) is 17.1 Å². The number of rotatable bonds is 5. The Balaban J connectivity index is 1.89. The Morgan fingerprint density at radius 3 is 2.40 bits per heavy atom. The molecule has 7 heteroatoms. The van der Waals surface area contributed by atoms with Crippen LogP contribution in [0.1, 0.15) is 48.6 Å². The van der Waals surface area contributed by atoms with E-state index in [0.717, 1.165) is 34.3 Å². The maximum absolute atomic E-state index is 13.0. The third kappa shape index (κ3) is 4.78. The Morgan fingerprint density at radius 1 is 1.17 bits per heavy atom. The summed E-state index contributed by atoms with van der Waals surface area (Å²) in [6.45, 7) is 9.37. The number of nitrogens with one attached hydrogen (secondary N) is 1. The van der Waals surface area contributed by atoms with Crippen molar-refractivity contribution in [2.45, 2.75) is 52.7 Å². The smallest absolute Gasteiger partial charge is 0.241 e. The third-order valence-corrected chi connectivity index (χ3v) is 6.45. The number of benzene rings is 2. The van der Waals surface area contributed by atoms with Crippen molar-refractivity contribution in [3.8, 4) is 5.75 Å². The van der Waals surface area contributed by atoms with Crippen LogP contribution in [0.3, 0.4) is 0 Å². The average molecular weight is 431 g/mol. The Bertz CT molecular complexity index is 1060. The van der Waals surface area contributed by atoms with Crippen molar-refractivity contribution in [3.05, 3.63) is 58.7 Å². The first-order valence-electron chi connectivity index (χ1n) is 10.0. The Morgan fingerprint density at radius 2 is 1.80 bits per heavy atom. The Labute approximate surface area is 179 Å². The summed E-state index contributed by atoms with van der Waals surface area (Å²) in [5.74, 6) is 0.398. The first-order chi connectivity index (χ1) is 13.9. The van der Waals surface area contributed by atoms with Crippen LogP contribution >= 0.6 is 0 Å². The predicted octanol–water partition coefficient (Wildman–Crippen LogP) is 3.80. The summed E-state index contributed by atoms with van der Waals surface area (Å²) in [6.07, 6.45) is 1.72. The lowest BCUT2D eigenvalue weighted by Gasteiger charge is -2.38. The van der Waals surface area contributed by atoms with Crippen molar-refractivity contribution in [3.63, 3.8) is 0 Å². The standard InChI is InChI=1S/C23H30N2O4S/c1-15-10-11-20-18(12-15)19(13-23(4,5)29-20)24-21(26)14-25(30(6,27)28)22-16(2)8-7-9-17(22)3/h7-12,19H,13-14H2,1-6H3,(H,24,26)/t19-/m0/s1. The lowest BCUT2D eigenvalue weighted by Crippen LogP contribution is -2.45. The van der Waals surface area contributed by atoms with Gasteiger partial charge in [-0.15, -0.1) is 0 Å². The minimum atomic E-state index is -3.64. The fourth-order valence-corrected chi connectivity index (χ4v) is 5.01. The highest BCUT2D eigenvalue weighted by Gasteiger charge is 2.35. The van der Waals surface area contributed by atoms with E-state index in [9.17, 15) is 13.2 Å². The number of ether oxygens (including phenoxy) is 1. The number of amides is 1. The number of para-hydroxylation sites is 1. The van der Waals surface area contributed by atoms with Crippen LogP contribution < -0.4 is 14.4 Å². The van der Waals surface area contributed by atoms with E-state index >= 15 is 0 Å². The van der Waals surface area contributed by atoms with Crippen molar-refractivity contribution in [2.24, 2.45) is 0 Å². The summed E-state index contributed by atoms with van der Waals surface area (Å²) >= 11 is 0. The predicted molar refractivity (Wildman–Crippen MR) is 119 cm³/mol. The number of anilines is 1. The van der Waals surface area contributed by atoms with E-state index in [1.807, 2.05) is 71.0 Å². The molecule has 0 radical (unpaired) electrons. The fraction of sp³-hybridized carbons (Fsp3) is 0.435. The minimum absolute atomic E-state index is 0.254. The molecule has 1 amide bonds. The number of aryl methyl sites for hydroxylation is 3. The number of carbonyl (C=O) groups excluding carboxylic acids is 1. The highest BCUT2D eigenvalue weighted by Crippen LogP contribution is 2.40. The van der Waals surface area contributed by atoms with Crippen molar-refractivity contribution >= 4 is 21.6 Å². The van der Waals surface area contributed by atoms with Gasteiger partial charge in [0.1, 0.15) is 17.9 Å². The first-order valence-corrected chi connectivity index (χ1v) is 11.8. The molecule has 0 saturated heterocycles. The summed E-state index contributed by atoms with van der Waals surface area (Å²) < 4.78 is 32.3. The van der Waals surface area contributed by atoms with Gasteiger partial charge >= 0.3 is 0 Å². The number of carbonyl (C=O) groups is 1. The lowest BCUT2D eigenvalue weighted by atomic mass is 9.89. The van der Waals surface area contributed by atoms with E-state index in [1.54, 1.807) is 0 Å². The van der Waals surface area contributed by atoms with E-state index in [4.69, 9.17) is 4.74 Å². The van der Waals surface area contributed by atoms with E-state index in [2.05, 4.69) is 5.32 Å². The Kier molecular flexibility index (Phi) is 5.87. The average Bonchev–Trinajstić information content (AvgIpc) is 2.60. The molecule has 162 valence electrons. The number of hydrogen-bond acceptors (Lipinski definition) is 4. The monoisotopic (exact) mass is 430 g/mol. The Hall–Kier alpha value is -2.54. The molecule has 1 aliphatic rings. The molecule has 0 unspecified atom stereocenters. The summed E-state index contributed by atoms with van der Waals surface area (Å²) in [5.41, 5.74) is 3.72. The van der Waals surface area contributed by atoms with E-state index in [-0.39, 0.29) is 18.5 Å². The van der Waals surface area contributed by atoms with E-state index in [0.29, 0.717) is 12.1 Å². The molecule has 0 fully saturated rings. The van der Waals surface area contributed by atoms with Gasteiger partial charge in [0, 0.05) is 12.0 Å². The van der Waals surface area contributed by atoms with Crippen LogP contribution in [0.25, 0.3) is 0 Å². The van der Waals surface area contributed by atoms with Crippen LogP contribution in [0.2, 0.25) is 0 Å². The minimum Gasteiger partial charge on any atom is -0.487 e. The van der Waals surface area contributed by atoms with Crippen LogP contribution in [-0.4, -0.2) is 32.7 Å². The lowest BCUT2D eigenvalue weighted by molar-refractivity contribution is -0.120. The molecule has 1 aliphatic heterocycles. The van der Waals surface area contributed by atoms with Crippen molar-refractivity contribution in [1.82, 2.24) is 5.32 Å². The maximum Gasteiger partial charge on any atom is 0.241 e. The number of hydrogen-bond donors (Lipinski definition) is 1. The van der Waals surface area contributed by atoms with Crippen LogP contribution in [-0.2, 0) is 14.8 Å². The molecule has 0 bridgehead atoms. The molecular weight excluding hydrogens is 400 g/mol. The van der Waals surface area contributed by atoms with Gasteiger partial charge in [-0.3, -0.25) is 9.10 Å². The molecule has 0 aliphatic carbocycles. The van der Waals surface area contributed by atoms with Gasteiger partial charge < -0.3 is 10.1 Å². The van der Waals surface area contributed by atoms with Crippen LogP contribution in [0.5, 0.6) is 5.75 Å². The summed E-state index contributed by atoms with van der Waals surface area (Å²) in [5, 5.41) is 3.04. The van der Waals surface area contributed by atoms with Gasteiger partial charge in [0.25, 0.3) is 0 Å². The molecular formula is C23H30N2O4S. The zero-order valence-corrected chi connectivity index (χ0v) is 19.3. The maximum atomic E-state index is 13.0. The van der Waals surface area contributed by atoms with Crippen molar-refractivity contribution in [1.29, 1.82) is 0 Å². The summed E-state index contributed by atoms with van der Waals surface area (Å²) in [7, 11) is -3.64. The van der Waals surface area contributed by atoms with E-state index < -0.39 is 15.6 Å². The van der Waals surface area contributed by atoms with Gasteiger partial charge in [-0.1, -0.05) is 35.9 Å². The highest BCUT2D eigenvalue weighted by molar-refractivity contribution is 7.92. The van der Waals surface area contributed by atoms with Crippen molar-refractivity contribution < 1.29 is 17.9 Å². The number of nitrogens with zero attached hydrogens (tertiary/aromatic N) is 1. The second-order valence-corrected chi connectivity index (χ2v) is 10.6. The molecule has 1 atom stereocenters. The summed E-state index contributed by atoms with van der Waals surface area (Å²) in [4.78, 5) is 13.0. The molecule has 30 heavy (non-hydrogen) atoms. The van der Waals surface area contributed by atoms with Gasteiger partial charge in [0.2, 0.25) is 15.9 Å². The molecule has 1 heterocycles. The van der Waals surface area contributed by atoms with Crippen LogP contribution in [0, 0.1) is 20.8 Å². The molecule has 0 saturated carbocycles. The topological polar surface area (TPSA) is 75.7 Å². The number of sulfonamides is 1. The normalized spacial score (nSPS) is 17.6. The molecule has 2 aromatic rings. The molecule has 0 spiro atoms. The summed E-state index contributed by atoms with van der Waals surface area (Å²) in [6, 6.07) is 11.2. The first kappa shape index (κ1) is 22.2. The largest absolute Gasteiger partial charge is 0.487 e. The molecule has 1 N–H and O–H groups in total. The van der Waals surface area contributed by atoms with Gasteiger partial charge in [-0.25, -0.2) is 8.42 Å². The molecule has 2 aromatic carbocycles. The quantitative estimate of drug-likeness (QED) is 0.783. The van der Waals surface area contributed by atoms with Crippen LogP contribution in [0.4, 0.5) is 5.69 Å². The number of fused-ring (bicyclic) bond motifs is 1. The highest BCUT2D eigenvalue weighted by atomic mass is 32.2.